The molecular formula is C24H22N4O. The number of nitrogens with one attached hydrogen (secondary N) is 1. The molecule has 4 rings (SSSR count). The fourth-order valence-corrected chi connectivity index (χ4v) is 3.27. The number of amides is 1. The van der Waals surface area contributed by atoms with Gasteiger partial charge in [-0.2, -0.15) is 5.10 Å². The third-order valence-electron chi connectivity index (χ3n) is 4.86. The monoisotopic (exact) mass is 382 g/mol. The summed E-state index contributed by atoms with van der Waals surface area (Å²) in [7, 11) is 0. The largest absolute Gasteiger partial charge is 0.344 e. The number of hydrogen-bond donors (Lipinski definition) is 1. The van der Waals surface area contributed by atoms with E-state index in [1.54, 1.807) is 17.1 Å². The molecule has 0 radical (unpaired) electrons. The number of benzene rings is 2. The average molecular weight is 382 g/mol. The van der Waals surface area contributed by atoms with E-state index in [4.69, 9.17) is 5.10 Å². The van der Waals surface area contributed by atoms with E-state index in [9.17, 15) is 4.79 Å². The van der Waals surface area contributed by atoms with Gasteiger partial charge in [0.25, 0.3) is 5.91 Å². The molecule has 0 bridgehead atoms. The summed E-state index contributed by atoms with van der Waals surface area (Å²) in [6.45, 7) is 3.95. The molecule has 2 aromatic carbocycles. The number of aromatic nitrogens is 3. The van der Waals surface area contributed by atoms with Gasteiger partial charge in [0.15, 0.2) is 0 Å². The van der Waals surface area contributed by atoms with Crippen LogP contribution in [0.4, 0.5) is 0 Å². The first kappa shape index (κ1) is 18.6. The van der Waals surface area contributed by atoms with Crippen molar-refractivity contribution in [1.82, 2.24) is 20.1 Å². The first-order valence-corrected chi connectivity index (χ1v) is 9.56. The first-order chi connectivity index (χ1) is 14.1. The average Bonchev–Trinajstić information content (AvgIpc) is 3.21. The predicted octanol–water partition coefficient (Wildman–Crippen LogP) is 4.73. The number of nitrogens with zero attached hydrogens (tertiary/aromatic N) is 3. The highest BCUT2D eigenvalue weighted by atomic mass is 16.1. The molecule has 1 atom stereocenters. The molecule has 1 N–H and O–H groups in total. The van der Waals surface area contributed by atoms with Crippen LogP contribution in [0.25, 0.3) is 16.9 Å². The molecule has 0 aliphatic heterocycles. The van der Waals surface area contributed by atoms with Gasteiger partial charge in [-0.15, -0.1) is 0 Å². The topological polar surface area (TPSA) is 59.8 Å². The minimum absolute atomic E-state index is 0.177. The fourth-order valence-electron chi connectivity index (χ4n) is 3.27. The van der Waals surface area contributed by atoms with Gasteiger partial charge in [0.05, 0.1) is 23.0 Å². The van der Waals surface area contributed by atoms with E-state index in [1.807, 2.05) is 86.6 Å². The minimum atomic E-state index is -0.214. The van der Waals surface area contributed by atoms with Crippen molar-refractivity contribution in [3.05, 3.63) is 102 Å². The Morgan fingerprint density at radius 1 is 0.966 bits per heavy atom. The van der Waals surface area contributed by atoms with Crippen molar-refractivity contribution < 1.29 is 4.79 Å². The SMILES string of the molecule is Cc1ccccc1-c1nn(-c2ccccc2)cc1C(=O)NC(C)c1ccccn1. The van der Waals surface area contributed by atoms with Gasteiger partial charge in [-0.1, -0.05) is 48.5 Å². The van der Waals surface area contributed by atoms with Crippen LogP contribution < -0.4 is 5.32 Å². The Morgan fingerprint density at radius 2 is 1.69 bits per heavy atom. The second-order valence-electron chi connectivity index (χ2n) is 6.94. The highest BCUT2D eigenvalue weighted by Gasteiger charge is 2.21. The Kier molecular flexibility index (Phi) is 5.20. The smallest absolute Gasteiger partial charge is 0.255 e. The third kappa shape index (κ3) is 3.94. The summed E-state index contributed by atoms with van der Waals surface area (Å²) < 4.78 is 1.75. The number of carbonyl (C=O) groups is 1. The zero-order chi connectivity index (χ0) is 20.2. The maximum absolute atomic E-state index is 13.2. The summed E-state index contributed by atoms with van der Waals surface area (Å²) in [6, 6.07) is 23.2. The van der Waals surface area contributed by atoms with Crippen LogP contribution in [0.2, 0.25) is 0 Å². The zero-order valence-corrected chi connectivity index (χ0v) is 16.4. The lowest BCUT2D eigenvalue weighted by Gasteiger charge is -2.13. The maximum Gasteiger partial charge on any atom is 0.255 e. The number of aryl methyl sites for hydroxylation is 1. The van der Waals surface area contributed by atoms with Crippen molar-refractivity contribution >= 4 is 5.91 Å². The van der Waals surface area contributed by atoms with E-state index < -0.39 is 0 Å². The number of rotatable bonds is 5. The fraction of sp³-hybridized carbons (Fsp3) is 0.125. The molecule has 1 unspecified atom stereocenters. The molecule has 0 saturated heterocycles. The number of carbonyl (C=O) groups excluding carboxylic acids is 1. The Balaban J connectivity index is 1.74. The molecule has 2 heterocycles. The summed E-state index contributed by atoms with van der Waals surface area (Å²) in [5.74, 6) is -0.177. The van der Waals surface area contributed by atoms with Crippen molar-refractivity contribution in [2.75, 3.05) is 0 Å². The van der Waals surface area contributed by atoms with Crippen LogP contribution in [0.5, 0.6) is 0 Å². The molecule has 4 aromatic rings. The van der Waals surface area contributed by atoms with Gasteiger partial charge in [-0.25, -0.2) is 4.68 Å². The molecule has 5 nitrogen and oxygen atoms in total. The lowest BCUT2D eigenvalue weighted by molar-refractivity contribution is 0.0939. The molecule has 0 aliphatic rings. The van der Waals surface area contributed by atoms with Crippen LogP contribution >= 0.6 is 0 Å². The van der Waals surface area contributed by atoms with Gasteiger partial charge < -0.3 is 5.32 Å². The standard InChI is InChI=1S/C24H22N4O/c1-17-10-6-7-13-20(17)23-21(16-28(27-23)19-11-4-3-5-12-19)24(29)26-18(2)22-14-8-9-15-25-22/h3-16,18H,1-2H3,(H,26,29). The van der Waals surface area contributed by atoms with Gasteiger partial charge in [0.2, 0.25) is 0 Å². The molecular weight excluding hydrogens is 360 g/mol. The van der Waals surface area contributed by atoms with Gasteiger partial charge >= 0.3 is 0 Å². The lowest BCUT2D eigenvalue weighted by atomic mass is 10.0. The summed E-state index contributed by atoms with van der Waals surface area (Å²) in [6.07, 6.45) is 3.52. The number of para-hydroxylation sites is 1. The Bertz CT molecular complexity index is 1120. The van der Waals surface area contributed by atoms with E-state index >= 15 is 0 Å². The molecule has 5 heteroatoms. The van der Waals surface area contributed by atoms with Crippen molar-refractivity contribution in [3.8, 4) is 16.9 Å². The van der Waals surface area contributed by atoms with E-state index in [2.05, 4.69) is 10.3 Å². The Hall–Kier alpha value is -3.73. The van der Waals surface area contributed by atoms with Crippen LogP contribution in [0.1, 0.15) is 34.6 Å². The Morgan fingerprint density at radius 3 is 2.41 bits per heavy atom. The van der Waals surface area contributed by atoms with Crippen LogP contribution in [0.15, 0.2) is 85.2 Å². The number of pyridine rings is 1. The third-order valence-corrected chi connectivity index (χ3v) is 4.86. The molecule has 2 aromatic heterocycles. The predicted molar refractivity (Wildman–Crippen MR) is 114 cm³/mol. The van der Waals surface area contributed by atoms with Gasteiger partial charge in [0.1, 0.15) is 5.69 Å². The second-order valence-corrected chi connectivity index (χ2v) is 6.94. The molecule has 144 valence electrons. The van der Waals surface area contributed by atoms with Crippen molar-refractivity contribution in [1.29, 1.82) is 0 Å². The van der Waals surface area contributed by atoms with Crippen LogP contribution in [0.3, 0.4) is 0 Å². The molecule has 0 spiro atoms. The van der Waals surface area contributed by atoms with E-state index in [0.29, 0.717) is 11.3 Å². The highest BCUT2D eigenvalue weighted by Crippen LogP contribution is 2.27. The van der Waals surface area contributed by atoms with Gasteiger partial charge in [-0.05, 0) is 43.7 Å². The maximum atomic E-state index is 13.2. The van der Waals surface area contributed by atoms with Crippen molar-refractivity contribution in [3.63, 3.8) is 0 Å². The summed E-state index contributed by atoms with van der Waals surface area (Å²) in [4.78, 5) is 17.5. The second kappa shape index (κ2) is 8.10. The van der Waals surface area contributed by atoms with E-state index in [0.717, 1.165) is 22.5 Å². The first-order valence-electron chi connectivity index (χ1n) is 9.56. The van der Waals surface area contributed by atoms with Gasteiger partial charge in [0, 0.05) is 18.0 Å². The van der Waals surface area contributed by atoms with Crippen molar-refractivity contribution in [2.45, 2.75) is 19.9 Å². The minimum Gasteiger partial charge on any atom is -0.344 e. The summed E-state index contributed by atoms with van der Waals surface area (Å²) in [5, 5.41) is 7.80. The summed E-state index contributed by atoms with van der Waals surface area (Å²) >= 11 is 0. The molecule has 29 heavy (non-hydrogen) atoms. The quantitative estimate of drug-likeness (QED) is 0.543. The van der Waals surface area contributed by atoms with E-state index in [1.165, 1.54) is 0 Å². The zero-order valence-electron chi connectivity index (χ0n) is 16.4. The van der Waals surface area contributed by atoms with E-state index in [-0.39, 0.29) is 11.9 Å². The van der Waals surface area contributed by atoms with Gasteiger partial charge in [-0.3, -0.25) is 9.78 Å². The molecule has 0 saturated carbocycles. The Labute approximate surface area is 170 Å². The number of hydrogen-bond acceptors (Lipinski definition) is 3. The van der Waals surface area contributed by atoms with Crippen LogP contribution in [0, 0.1) is 6.92 Å². The lowest BCUT2D eigenvalue weighted by Crippen LogP contribution is -2.27. The molecule has 0 aliphatic carbocycles. The molecule has 0 fully saturated rings. The molecule has 1 amide bonds. The summed E-state index contributed by atoms with van der Waals surface area (Å²) in [5.41, 5.74) is 4.92. The normalized spacial score (nSPS) is 11.8. The van der Waals surface area contributed by atoms with Crippen LogP contribution in [-0.2, 0) is 0 Å². The highest BCUT2D eigenvalue weighted by molar-refractivity contribution is 6.00. The van der Waals surface area contributed by atoms with Crippen molar-refractivity contribution in [2.24, 2.45) is 0 Å². The van der Waals surface area contributed by atoms with Crippen LogP contribution in [-0.4, -0.2) is 20.7 Å².